The second-order valence-electron chi connectivity index (χ2n) is 4.42. The van der Waals surface area contributed by atoms with Gasteiger partial charge in [0.25, 0.3) is 0 Å². The van der Waals surface area contributed by atoms with Crippen molar-refractivity contribution in [2.24, 2.45) is 0 Å². The molecular formula is C13H12F6N2Sb-. The third-order valence-corrected chi connectivity index (χ3v) is 2.38. The zero-order valence-corrected chi connectivity index (χ0v) is 13.6. The number of nitrogens with zero attached hydrogens (tertiary/aromatic N) is 2. The van der Waals surface area contributed by atoms with Crippen LogP contribution in [0.1, 0.15) is 5.56 Å². The van der Waals surface area contributed by atoms with Crippen molar-refractivity contribution in [3.8, 4) is 6.07 Å². The molecule has 1 unspecified atom stereocenters. The molecule has 0 N–H and O–H groups in total. The normalized spacial score (nSPS) is 20.2. The number of allylic oxidation sites excluding steroid dienone is 2. The first-order valence-corrected chi connectivity index (χ1v) is 11.7. The maximum absolute atomic E-state index is 11.2. The molecule has 1 aromatic rings. The fourth-order valence-corrected chi connectivity index (χ4v) is 1.60. The molecule has 1 heterocycles. The van der Waals surface area contributed by atoms with Crippen molar-refractivity contribution in [1.82, 2.24) is 4.90 Å². The van der Waals surface area contributed by atoms with Gasteiger partial charge in [-0.25, -0.2) is 0 Å². The fraction of sp³-hybridized carbons (Fsp3) is 0.154. The third kappa shape index (κ3) is 10.2. The standard InChI is InChI=1S/C13H12N2.6FH.Sb/c14-10-13-8-4-5-9-15(13)11-12-6-2-1-3-7-12;;;;;;;/h1-9,13H,11H2;6*1H;/q;;;;;;;+5/p-6. The van der Waals surface area contributed by atoms with Gasteiger partial charge in [0.15, 0.2) is 0 Å². The Morgan fingerprint density at radius 3 is 2.05 bits per heavy atom. The van der Waals surface area contributed by atoms with Crippen LogP contribution >= 0.6 is 0 Å². The molecule has 0 saturated heterocycles. The van der Waals surface area contributed by atoms with Gasteiger partial charge in [-0.2, -0.15) is 5.26 Å². The van der Waals surface area contributed by atoms with Crippen molar-refractivity contribution in [2.75, 3.05) is 0 Å². The molecule has 1 atom stereocenters. The van der Waals surface area contributed by atoms with Crippen LogP contribution in [0.2, 0.25) is 0 Å². The van der Waals surface area contributed by atoms with E-state index in [1.165, 1.54) is 5.56 Å². The van der Waals surface area contributed by atoms with Crippen LogP contribution in [0.3, 0.4) is 0 Å². The Morgan fingerprint density at radius 2 is 1.55 bits per heavy atom. The molecule has 1 aliphatic rings. The summed E-state index contributed by atoms with van der Waals surface area (Å²) >= 11 is -11.2. The summed E-state index contributed by atoms with van der Waals surface area (Å²) < 4.78 is 59.6. The number of hydrogen-bond donors (Lipinski definition) is 0. The van der Waals surface area contributed by atoms with Crippen LogP contribution in [-0.4, -0.2) is 30.4 Å². The quantitative estimate of drug-likeness (QED) is 0.505. The van der Waals surface area contributed by atoms with E-state index in [0.29, 0.717) is 0 Å². The van der Waals surface area contributed by atoms with Crippen LogP contribution in [0.25, 0.3) is 0 Å². The third-order valence-electron chi connectivity index (χ3n) is 2.38. The summed E-state index contributed by atoms with van der Waals surface area (Å²) in [7, 11) is 0. The van der Waals surface area contributed by atoms with Crippen LogP contribution in [-0.2, 0) is 6.54 Å². The van der Waals surface area contributed by atoms with Gasteiger partial charge < -0.3 is 4.90 Å². The Kier molecular flexibility index (Phi) is 4.93. The molecule has 0 aromatic heterocycles. The Hall–Kier alpha value is -1.61. The van der Waals surface area contributed by atoms with Crippen molar-refractivity contribution >= 4 is 19.5 Å². The molecule has 2 rings (SSSR count). The van der Waals surface area contributed by atoms with Crippen LogP contribution in [0.4, 0.5) is 16.9 Å². The topological polar surface area (TPSA) is 27.0 Å². The van der Waals surface area contributed by atoms with Gasteiger partial charge >= 0.3 is 36.4 Å². The first kappa shape index (κ1) is 18.4. The number of nitriles is 1. The van der Waals surface area contributed by atoms with E-state index in [0.717, 1.165) is 6.54 Å². The monoisotopic (exact) mass is 431 g/mol. The minimum absolute atomic E-state index is 0.143. The van der Waals surface area contributed by atoms with Gasteiger partial charge in [0.05, 0.1) is 6.07 Å². The average molecular weight is 432 g/mol. The van der Waals surface area contributed by atoms with E-state index in [2.05, 4.69) is 18.2 Å². The van der Waals surface area contributed by atoms with Gasteiger partial charge in [-0.05, 0) is 17.7 Å². The van der Waals surface area contributed by atoms with Crippen molar-refractivity contribution in [1.29, 1.82) is 5.26 Å². The summed E-state index contributed by atoms with van der Waals surface area (Å²) in [4.78, 5) is 2.02. The molecule has 122 valence electrons. The van der Waals surface area contributed by atoms with Crippen molar-refractivity contribution in [2.45, 2.75) is 12.6 Å². The first-order valence-electron chi connectivity index (χ1n) is 5.96. The number of halogens is 6. The Labute approximate surface area is 125 Å². The van der Waals surface area contributed by atoms with Crippen LogP contribution < -0.4 is 0 Å². The molecule has 0 fully saturated rings. The van der Waals surface area contributed by atoms with Crippen molar-refractivity contribution in [3.05, 3.63) is 60.3 Å². The van der Waals surface area contributed by atoms with E-state index in [-0.39, 0.29) is 6.04 Å². The predicted octanol–water partition coefficient (Wildman–Crippen LogP) is 4.60. The molecule has 0 spiro atoms. The number of rotatable bonds is 2. The van der Waals surface area contributed by atoms with E-state index < -0.39 is 19.5 Å². The molecule has 9 heteroatoms. The van der Waals surface area contributed by atoms with E-state index in [1.807, 2.05) is 47.5 Å². The van der Waals surface area contributed by atoms with Crippen LogP contribution in [0.15, 0.2) is 54.8 Å². The van der Waals surface area contributed by atoms with Gasteiger partial charge in [-0.3, -0.25) is 0 Å². The molecule has 0 bridgehead atoms. The van der Waals surface area contributed by atoms with Gasteiger partial charge in [-0.15, -0.1) is 0 Å². The van der Waals surface area contributed by atoms with Gasteiger partial charge in [0.1, 0.15) is 6.04 Å². The second-order valence-corrected chi connectivity index (χ2v) is 9.89. The van der Waals surface area contributed by atoms with Crippen molar-refractivity contribution in [3.63, 3.8) is 0 Å². The summed E-state index contributed by atoms with van der Waals surface area (Å²) in [6.07, 6.45) is 7.73. The summed E-state index contributed by atoms with van der Waals surface area (Å²) in [5.41, 5.74) is 1.22. The van der Waals surface area contributed by atoms with Crippen molar-refractivity contribution < 1.29 is 16.9 Å². The first-order chi connectivity index (χ1) is 9.85. The molecule has 0 radical (unpaired) electrons. The summed E-state index contributed by atoms with van der Waals surface area (Å²) in [6.45, 7) is 0.778. The molecule has 22 heavy (non-hydrogen) atoms. The second kappa shape index (κ2) is 5.88. The maximum atomic E-state index is 9.93. The average Bonchev–Trinajstić information content (AvgIpc) is 2.37. The molecule has 1 aliphatic heterocycles. The molecule has 2 nitrogen and oxygen atoms in total. The Bertz CT molecular complexity index is 589. The Morgan fingerprint density at radius 1 is 1.00 bits per heavy atom. The van der Waals surface area contributed by atoms with E-state index in [9.17, 15) is 16.9 Å². The van der Waals surface area contributed by atoms with Gasteiger partial charge in [-0.1, -0.05) is 36.4 Å². The molecular weight excluding hydrogens is 420 g/mol. The Balaban J connectivity index is 0.000000295. The van der Waals surface area contributed by atoms with E-state index in [1.54, 1.807) is 0 Å². The summed E-state index contributed by atoms with van der Waals surface area (Å²) in [5, 5.41) is 8.96. The van der Waals surface area contributed by atoms with Gasteiger partial charge in [0, 0.05) is 12.7 Å². The summed E-state index contributed by atoms with van der Waals surface area (Å²) in [5.74, 6) is 0. The molecule has 0 aliphatic carbocycles. The minimum atomic E-state index is -11.2. The molecule has 1 aromatic carbocycles. The number of benzene rings is 1. The van der Waals surface area contributed by atoms with E-state index >= 15 is 0 Å². The van der Waals surface area contributed by atoms with Crippen LogP contribution in [0, 0.1) is 11.3 Å². The number of hydrogen-bond acceptors (Lipinski definition) is 2. The van der Waals surface area contributed by atoms with Gasteiger partial charge in [0.2, 0.25) is 0 Å². The SMILES string of the molecule is N#CC1C=CC=CN1Cc1ccccc1.[F][Sb-]([F])([F])([F])([F])[F]. The molecule has 0 amide bonds. The fourth-order valence-electron chi connectivity index (χ4n) is 1.60. The molecule has 0 saturated carbocycles. The summed E-state index contributed by atoms with van der Waals surface area (Å²) in [6, 6.07) is 12.3. The zero-order valence-electron chi connectivity index (χ0n) is 11.1. The zero-order chi connectivity index (χ0) is 16.9. The predicted molar refractivity (Wildman–Crippen MR) is 72.1 cm³/mol. The van der Waals surface area contributed by atoms with E-state index in [4.69, 9.17) is 5.26 Å². The van der Waals surface area contributed by atoms with Crippen LogP contribution in [0.5, 0.6) is 0 Å².